The van der Waals surface area contributed by atoms with Crippen molar-refractivity contribution >= 4 is 23.7 Å². The van der Waals surface area contributed by atoms with Gasteiger partial charge in [-0.15, -0.1) is 5.10 Å². The van der Waals surface area contributed by atoms with Crippen LogP contribution in [0.4, 0.5) is 0 Å². The molecule has 1 aromatic rings. The molecule has 1 aromatic heterocycles. The minimum absolute atomic E-state index is 0.0551. The zero-order valence-electron chi connectivity index (χ0n) is 18.6. The number of aliphatic carboxylic acids is 3. The topological polar surface area (TPSA) is 187 Å². The number of hydrogen-bond acceptors (Lipinski definition) is 9. The van der Waals surface area contributed by atoms with E-state index in [1.165, 1.54) is 4.68 Å². The molecule has 0 bridgehead atoms. The van der Waals surface area contributed by atoms with E-state index in [2.05, 4.69) is 10.3 Å². The standard InChI is InChI=1S/C20H31N3O10/c1-23-11-15(21-22-23)2-3-16(24)10-20(12-31-7-4-17(25)26,13-32-8-5-18(27)28)14-33-9-6-19(29)30/h11H,2-10,12-14H2,1H3,(H,25,26)(H,27,28)(H,29,30). The molecule has 0 atom stereocenters. The summed E-state index contributed by atoms with van der Waals surface area (Å²) in [4.78, 5) is 45.1. The van der Waals surface area contributed by atoms with E-state index in [1.807, 2.05) is 0 Å². The van der Waals surface area contributed by atoms with Crippen molar-refractivity contribution in [1.29, 1.82) is 0 Å². The van der Waals surface area contributed by atoms with Crippen LogP contribution in [0, 0.1) is 5.41 Å². The molecule has 0 aliphatic carbocycles. The Bertz CT molecular complexity index is 725. The average Bonchev–Trinajstić information content (AvgIpc) is 3.15. The zero-order chi connectivity index (χ0) is 24.7. The Labute approximate surface area is 190 Å². The lowest BCUT2D eigenvalue weighted by molar-refractivity contribution is -0.142. The molecule has 0 aromatic carbocycles. The first-order valence-corrected chi connectivity index (χ1v) is 10.4. The van der Waals surface area contributed by atoms with Gasteiger partial charge in [0.15, 0.2) is 0 Å². The largest absolute Gasteiger partial charge is 0.481 e. The quantitative estimate of drug-likeness (QED) is 0.218. The van der Waals surface area contributed by atoms with Gasteiger partial charge in [0.05, 0.1) is 64.6 Å². The summed E-state index contributed by atoms with van der Waals surface area (Å²) in [5, 5.41) is 34.2. The number of carboxylic acids is 3. The molecule has 0 aliphatic heterocycles. The second kappa shape index (κ2) is 15.0. The predicted octanol–water partition coefficient (Wildman–Crippen LogP) is 0.167. The van der Waals surface area contributed by atoms with Crippen LogP contribution in [0.1, 0.15) is 37.8 Å². The highest BCUT2D eigenvalue weighted by Gasteiger charge is 2.34. The van der Waals surface area contributed by atoms with Crippen LogP contribution < -0.4 is 0 Å². The monoisotopic (exact) mass is 473 g/mol. The van der Waals surface area contributed by atoms with Crippen molar-refractivity contribution in [2.24, 2.45) is 12.5 Å². The molecule has 3 N–H and O–H groups in total. The molecule has 0 amide bonds. The molecular weight excluding hydrogens is 442 g/mol. The predicted molar refractivity (Wildman–Crippen MR) is 111 cm³/mol. The summed E-state index contributed by atoms with van der Waals surface area (Å²) in [7, 11) is 1.71. The Morgan fingerprint density at radius 2 is 1.30 bits per heavy atom. The Morgan fingerprint density at radius 1 is 0.848 bits per heavy atom. The number of Topliss-reactive ketones (excluding diaryl/α,β-unsaturated/α-hetero) is 1. The molecule has 0 saturated heterocycles. The lowest BCUT2D eigenvalue weighted by atomic mass is 9.84. The van der Waals surface area contributed by atoms with E-state index < -0.39 is 23.3 Å². The smallest absolute Gasteiger partial charge is 0.305 e. The van der Waals surface area contributed by atoms with Crippen molar-refractivity contribution in [3.63, 3.8) is 0 Å². The van der Waals surface area contributed by atoms with Crippen LogP contribution in [0.15, 0.2) is 6.20 Å². The summed E-state index contributed by atoms with van der Waals surface area (Å²) < 4.78 is 18.0. The van der Waals surface area contributed by atoms with Gasteiger partial charge < -0.3 is 29.5 Å². The van der Waals surface area contributed by atoms with Gasteiger partial charge in [-0.05, 0) is 6.42 Å². The van der Waals surface area contributed by atoms with Gasteiger partial charge in [0.1, 0.15) is 5.78 Å². The van der Waals surface area contributed by atoms with Crippen LogP contribution in [0.3, 0.4) is 0 Å². The van der Waals surface area contributed by atoms with Crippen molar-refractivity contribution in [3.8, 4) is 0 Å². The van der Waals surface area contributed by atoms with Gasteiger partial charge in [-0.3, -0.25) is 23.9 Å². The number of ketones is 1. The van der Waals surface area contributed by atoms with E-state index in [0.717, 1.165) is 0 Å². The number of carbonyl (C=O) groups excluding carboxylic acids is 1. The van der Waals surface area contributed by atoms with Crippen molar-refractivity contribution in [1.82, 2.24) is 15.0 Å². The van der Waals surface area contributed by atoms with Gasteiger partial charge in [0.25, 0.3) is 0 Å². The molecule has 1 heterocycles. The van der Waals surface area contributed by atoms with E-state index >= 15 is 0 Å². The van der Waals surface area contributed by atoms with E-state index in [0.29, 0.717) is 12.1 Å². The second-order valence-corrected chi connectivity index (χ2v) is 7.69. The number of hydrogen-bond donors (Lipinski definition) is 3. The summed E-state index contributed by atoms with van der Waals surface area (Å²) in [5.74, 6) is -3.30. The minimum Gasteiger partial charge on any atom is -0.481 e. The molecular formula is C20H31N3O10. The highest BCUT2D eigenvalue weighted by atomic mass is 16.5. The molecule has 0 fully saturated rings. The van der Waals surface area contributed by atoms with Gasteiger partial charge in [-0.25, -0.2) is 0 Å². The molecule has 0 saturated carbocycles. The van der Waals surface area contributed by atoms with Crippen molar-refractivity contribution in [2.45, 2.75) is 38.5 Å². The Kier molecular flexibility index (Phi) is 12.8. The molecule has 0 spiro atoms. The maximum Gasteiger partial charge on any atom is 0.305 e. The number of carbonyl (C=O) groups is 4. The SMILES string of the molecule is Cn1cc(CCC(=O)CC(COCCC(=O)O)(COCCC(=O)O)COCCC(=O)O)nn1. The number of rotatable bonds is 20. The highest BCUT2D eigenvalue weighted by Crippen LogP contribution is 2.26. The number of nitrogens with zero attached hydrogens (tertiary/aromatic N) is 3. The molecule has 0 radical (unpaired) electrons. The lowest BCUT2D eigenvalue weighted by Crippen LogP contribution is -2.40. The molecule has 1 rings (SSSR count). The van der Waals surface area contributed by atoms with E-state index in [1.54, 1.807) is 13.2 Å². The first-order valence-electron chi connectivity index (χ1n) is 10.4. The van der Waals surface area contributed by atoms with E-state index in [4.69, 9.17) is 29.5 Å². The highest BCUT2D eigenvalue weighted by molar-refractivity contribution is 5.79. The molecule has 33 heavy (non-hydrogen) atoms. The number of aryl methyl sites for hydroxylation is 2. The fraction of sp³-hybridized carbons (Fsp3) is 0.700. The third-order valence-corrected chi connectivity index (χ3v) is 4.49. The van der Waals surface area contributed by atoms with Crippen molar-refractivity contribution in [3.05, 3.63) is 11.9 Å². The fourth-order valence-corrected chi connectivity index (χ4v) is 2.91. The molecule has 186 valence electrons. The maximum atomic E-state index is 12.8. The summed E-state index contributed by atoms with van der Waals surface area (Å²) in [5.41, 5.74) is -0.404. The van der Waals surface area contributed by atoms with E-state index in [9.17, 15) is 19.2 Å². The van der Waals surface area contributed by atoms with Crippen LogP contribution in [-0.2, 0) is 46.9 Å². The first-order chi connectivity index (χ1) is 15.6. The van der Waals surface area contributed by atoms with Gasteiger partial charge in [0.2, 0.25) is 0 Å². The molecule has 0 unspecified atom stereocenters. The maximum absolute atomic E-state index is 12.8. The molecule has 13 nitrogen and oxygen atoms in total. The summed E-state index contributed by atoms with van der Waals surface area (Å²) >= 11 is 0. The zero-order valence-corrected chi connectivity index (χ0v) is 18.6. The summed E-state index contributed by atoms with van der Waals surface area (Å²) in [6.45, 7) is -0.564. The third-order valence-electron chi connectivity index (χ3n) is 4.49. The Balaban J connectivity index is 2.84. The normalized spacial score (nSPS) is 11.4. The second-order valence-electron chi connectivity index (χ2n) is 7.69. The van der Waals surface area contributed by atoms with Crippen LogP contribution in [0.2, 0.25) is 0 Å². The fourth-order valence-electron chi connectivity index (χ4n) is 2.91. The Hall–Kier alpha value is -2.90. The van der Waals surface area contributed by atoms with Crippen LogP contribution in [0.25, 0.3) is 0 Å². The number of carboxylic acid groups (broad SMARTS) is 3. The van der Waals surface area contributed by atoms with Crippen LogP contribution in [0.5, 0.6) is 0 Å². The first kappa shape index (κ1) is 28.1. The lowest BCUT2D eigenvalue weighted by Gasteiger charge is -2.32. The van der Waals surface area contributed by atoms with Crippen LogP contribution in [-0.4, -0.2) is 93.6 Å². The molecule has 0 aliphatic rings. The minimum atomic E-state index is -1.05. The van der Waals surface area contributed by atoms with Crippen molar-refractivity contribution < 1.29 is 48.7 Å². The third kappa shape index (κ3) is 13.3. The summed E-state index contributed by atoms with van der Waals surface area (Å²) in [6, 6.07) is 0. The number of ether oxygens (including phenoxy) is 3. The summed E-state index contributed by atoms with van der Waals surface area (Å²) in [6.07, 6.45) is 1.44. The van der Waals surface area contributed by atoms with Gasteiger partial charge >= 0.3 is 17.9 Å². The molecule has 13 heteroatoms. The van der Waals surface area contributed by atoms with Crippen LogP contribution >= 0.6 is 0 Å². The average molecular weight is 473 g/mol. The van der Waals surface area contributed by atoms with E-state index in [-0.39, 0.29) is 77.5 Å². The van der Waals surface area contributed by atoms with Gasteiger partial charge in [-0.1, -0.05) is 5.21 Å². The van der Waals surface area contributed by atoms with Gasteiger partial charge in [0, 0.05) is 31.5 Å². The Morgan fingerprint density at radius 3 is 1.67 bits per heavy atom. The van der Waals surface area contributed by atoms with Crippen molar-refractivity contribution in [2.75, 3.05) is 39.6 Å². The van der Waals surface area contributed by atoms with Gasteiger partial charge in [-0.2, -0.15) is 0 Å². The number of aromatic nitrogens is 3.